The number of benzene rings is 1. The van der Waals surface area contributed by atoms with Gasteiger partial charge in [-0.15, -0.1) is 0 Å². The summed E-state index contributed by atoms with van der Waals surface area (Å²) in [6.45, 7) is 2.51. The Morgan fingerprint density at radius 2 is 1.91 bits per heavy atom. The van der Waals surface area contributed by atoms with E-state index < -0.39 is 0 Å². The number of piperidine rings is 1. The summed E-state index contributed by atoms with van der Waals surface area (Å²) in [5.74, 6) is 0.852. The van der Waals surface area contributed by atoms with Crippen LogP contribution in [-0.4, -0.2) is 31.1 Å². The van der Waals surface area contributed by atoms with Crippen molar-refractivity contribution in [3.8, 4) is 11.8 Å². The minimum absolute atomic E-state index is 0.319. The lowest BCUT2D eigenvalue weighted by Crippen LogP contribution is -2.44. The maximum atomic E-state index is 9.85. The second-order valence-electron chi connectivity index (χ2n) is 6.75. The van der Waals surface area contributed by atoms with Crippen molar-refractivity contribution < 1.29 is 4.74 Å². The lowest BCUT2D eigenvalue weighted by atomic mass is 9.69. The van der Waals surface area contributed by atoms with Gasteiger partial charge in [0.15, 0.2) is 0 Å². The van der Waals surface area contributed by atoms with Crippen molar-refractivity contribution in [1.29, 1.82) is 5.26 Å². The van der Waals surface area contributed by atoms with Crippen molar-refractivity contribution in [2.45, 2.75) is 56.4 Å². The molecule has 2 fully saturated rings. The fourth-order valence-corrected chi connectivity index (χ4v) is 4.13. The summed E-state index contributed by atoms with van der Waals surface area (Å²) < 4.78 is 5.33. The Morgan fingerprint density at radius 1 is 1.18 bits per heavy atom. The smallest absolute Gasteiger partial charge is 0.119 e. The molecule has 1 aromatic rings. The maximum absolute atomic E-state index is 9.85. The number of rotatable bonds is 3. The van der Waals surface area contributed by atoms with E-state index in [-0.39, 0.29) is 5.41 Å². The normalized spacial score (nSPS) is 29.7. The molecule has 3 rings (SSSR count). The third-order valence-corrected chi connectivity index (χ3v) is 5.55. The Hall–Kier alpha value is -1.53. The van der Waals surface area contributed by atoms with E-state index in [0.29, 0.717) is 6.04 Å². The first-order chi connectivity index (χ1) is 10.8. The van der Waals surface area contributed by atoms with Gasteiger partial charge >= 0.3 is 0 Å². The molecular formula is C19H26N2O. The summed E-state index contributed by atoms with van der Waals surface area (Å²) in [6, 6.07) is 11.4. The van der Waals surface area contributed by atoms with Gasteiger partial charge in [-0.1, -0.05) is 18.6 Å². The number of hydrogen-bond acceptors (Lipinski definition) is 3. The van der Waals surface area contributed by atoms with Crippen molar-refractivity contribution in [3.63, 3.8) is 0 Å². The van der Waals surface area contributed by atoms with Gasteiger partial charge in [0.25, 0.3) is 0 Å². The number of hydrogen-bond donors (Lipinski definition) is 0. The Morgan fingerprint density at radius 3 is 2.55 bits per heavy atom. The highest BCUT2D eigenvalue weighted by atomic mass is 16.5. The molecule has 0 bridgehead atoms. The van der Waals surface area contributed by atoms with Crippen LogP contribution in [-0.2, 0) is 5.41 Å². The van der Waals surface area contributed by atoms with E-state index in [1.165, 1.54) is 32.4 Å². The fourth-order valence-electron chi connectivity index (χ4n) is 4.13. The summed E-state index contributed by atoms with van der Waals surface area (Å²) in [5, 5.41) is 9.85. The van der Waals surface area contributed by atoms with E-state index in [4.69, 9.17) is 4.74 Å². The highest BCUT2D eigenvalue weighted by Gasteiger charge is 2.39. The fraction of sp³-hybridized carbons (Fsp3) is 0.632. The van der Waals surface area contributed by atoms with E-state index >= 15 is 0 Å². The van der Waals surface area contributed by atoms with Crippen molar-refractivity contribution in [3.05, 3.63) is 29.8 Å². The van der Waals surface area contributed by atoms with Crippen LogP contribution in [0.15, 0.2) is 24.3 Å². The molecular weight excluding hydrogens is 272 g/mol. The second-order valence-corrected chi connectivity index (χ2v) is 6.75. The van der Waals surface area contributed by atoms with Gasteiger partial charge in [0, 0.05) is 6.04 Å². The summed E-state index contributed by atoms with van der Waals surface area (Å²) in [4.78, 5) is 2.66. The summed E-state index contributed by atoms with van der Waals surface area (Å²) in [6.07, 6.45) is 8.30. The van der Waals surface area contributed by atoms with Gasteiger partial charge in [0.1, 0.15) is 5.75 Å². The minimum atomic E-state index is -0.319. The quantitative estimate of drug-likeness (QED) is 0.849. The molecule has 1 saturated heterocycles. The molecule has 0 atom stereocenters. The number of nitrogens with zero attached hydrogens (tertiary/aromatic N) is 2. The predicted molar refractivity (Wildman–Crippen MR) is 88.0 cm³/mol. The Balaban J connectivity index is 1.72. The van der Waals surface area contributed by atoms with E-state index in [2.05, 4.69) is 17.0 Å². The molecule has 118 valence electrons. The van der Waals surface area contributed by atoms with Crippen molar-refractivity contribution in [1.82, 2.24) is 4.90 Å². The molecule has 3 nitrogen and oxygen atoms in total. The molecule has 0 aromatic heterocycles. The molecule has 1 saturated carbocycles. The van der Waals surface area contributed by atoms with Crippen molar-refractivity contribution >= 4 is 0 Å². The van der Waals surface area contributed by atoms with Crippen LogP contribution in [0.4, 0.5) is 0 Å². The molecule has 0 amide bonds. The number of nitriles is 1. The number of likely N-dealkylation sites (tertiary alicyclic amines) is 1. The zero-order chi connectivity index (χ0) is 15.4. The van der Waals surface area contributed by atoms with Crippen LogP contribution >= 0.6 is 0 Å². The Bertz CT molecular complexity index is 535. The molecule has 0 N–H and O–H groups in total. The lowest BCUT2D eigenvalue weighted by Gasteiger charge is -2.42. The van der Waals surface area contributed by atoms with Gasteiger partial charge < -0.3 is 9.64 Å². The first-order valence-electron chi connectivity index (χ1n) is 8.57. The largest absolute Gasteiger partial charge is 0.497 e. The standard InChI is InChI=1S/C19H26N2O/c1-22-18-7-5-6-16(14-18)19(15-20)10-8-17(9-11-19)21-12-3-2-4-13-21/h5-7,14,17H,2-4,8-13H2,1H3. The average molecular weight is 298 g/mol. The molecule has 0 unspecified atom stereocenters. The zero-order valence-corrected chi connectivity index (χ0v) is 13.6. The Kier molecular flexibility index (Phi) is 4.69. The van der Waals surface area contributed by atoms with E-state index in [1.807, 2.05) is 18.2 Å². The highest BCUT2D eigenvalue weighted by Crippen LogP contribution is 2.41. The summed E-state index contributed by atoms with van der Waals surface area (Å²) in [7, 11) is 1.69. The van der Waals surface area contributed by atoms with Crippen LogP contribution in [0.5, 0.6) is 5.75 Å². The third-order valence-electron chi connectivity index (χ3n) is 5.55. The minimum Gasteiger partial charge on any atom is -0.497 e. The lowest BCUT2D eigenvalue weighted by molar-refractivity contribution is 0.115. The number of ether oxygens (including phenoxy) is 1. The molecule has 2 aliphatic rings. The maximum Gasteiger partial charge on any atom is 0.119 e. The molecule has 1 aliphatic carbocycles. The summed E-state index contributed by atoms with van der Waals surface area (Å²) in [5.41, 5.74) is 0.812. The van der Waals surface area contributed by atoms with Gasteiger partial charge in [-0.25, -0.2) is 0 Å². The van der Waals surface area contributed by atoms with Crippen LogP contribution in [0, 0.1) is 11.3 Å². The molecule has 1 heterocycles. The zero-order valence-electron chi connectivity index (χ0n) is 13.6. The third kappa shape index (κ3) is 2.98. The molecule has 0 spiro atoms. The Labute approximate surface area is 133 Å². The average Bonchev–Trinajstić information content (AvgIpc) is 2.62. The van der Waals surface area contributed by atoms with E-state index in [0.717, 1.165) is 37.0 Å². The SMILES string of the molecule is COc1cccc(C2(C#N)CCC(N3CCCCC3)CC2)c1. The van der Waals surface area contributed by atoms with Gasteiger partial charge in [-0.05, 0) is 69.3 Å². The summed E-state index contributed by atoms with van der Waals surface area (Å²) >= 11 is 0. The van der Waals surface area contributed by atoms with Crippen molar-refractivity contribution in [2.75, 3.05) is 20.2 Å². The number of methoxy groups -OCH3 is 1. The van der Waals surface area contributed by atoms with E-state index in [9.17, 15) is 5.26 Å². The first kappa shape index (κ1) is 15.4. The second kappa shape index (κ2) is 6.71. The van der Waals surface area contributed by atoms with Crippen LogP contribution in [0.2, 0.25) is 0 Å². The first-order valence-corrected chi connectivity index (χ1v) is 8.57. The van der Waals surface area contributed by atoms with Gasteiger partial charge in [-0.3, -0.25) is 0 Å². The molecule has 0 radical (unpaired) electrons. The molecule has 3 heteroatoms. The van der Waals surface area contributed by atoms with Gasteiger partial charge in [-0.2, -0.15) is 5.26 Å². The van der Waals surface area contributed by atoms with Crippen LogP contribution in [0.1, 0.15) is 50.5 Å². The van der Waals surface area contributed by atoms with E-state index in [1.54, 1.807) is 7.11 Å². The van der Waals surface area contributed by atoms with Crippen LogP contribution in [0.3, 0.4) is 0 Å². The molecule has 1 aromatic carbocycles. The van der Waals surface area contributed by atoms with Crippen LogP contribution < -0.4 is 4.74 Å². The molecule has 22 heavy (non-hydrogen) atoms. The monoisotopic (exact) mass is 298 g/mol. The predicted octanol–water partition coefficient (Wildman–Crippen LogP) is 3.89. The van der Waals surface area contributed by atoms with Gasteiger partial charge in [0.2, 0.25) is 0 Å². The molecule has 1 aliphatic heterocycles. The van der Waals surface area contributed by atoms with Gasteiger partial charge in [0.05, 0.1) is 18.6 Å². The topological polar surface area (TPSA) is 36.3 Å². The van der Waals surface area contributed by atoms with Crippen molar-refractivity contribution in [2.24, 2.45) is 0 Å². The highest BCUT2D eigenvalue weighted by molar-refractivity contribution is 5.38. The van der Waals surface area contributed by atoms with Crippen LogP contribution in [0.25, 0.3) is 0 Å².